The molecule has 0 bridgehead atoms. The third kappa shape index (κ3) is 3.56. The van der Waals surface area contributed by atoms with E-state index in [0.717, 1.165) is 31.9 Å². The molecular formula is C18H23NO5S. The lowest BCUT2D eigenvalue weighted by atomic mass is 9.84. The molecule has 1 N–H and O–H groups in total. The fraction of sp³-hybridized carbons (Fsp3) is 0.556. The van der Waals surface area contributed by atoms with Crippen molar-refractivity contribution in [3.63, 3.8) is 0 Å². The van der Waals surface area contributed by atoms with Crippen molar-refractivity contribution in [1.82, 2.24) is 4.90 Å². The van der Waals surface area contributed by atoms with Crippen molar-refractivity contribution < 1.29 is 23.1 Å². The first kappa shape index (κ1) is 17.9. The smallest absolute Gasteiger partial charge is 0.326 e. The second-order valence-corrected chi connectivity index (χ2v) is 9.07. The number of carboxylic acids is 1. The van der Waals surface area contributed by atoms with Gasteiger partial charge in [-0.25, -0.2) is 13.2 Å². The van der Waals surface area contributed by atoms with E-state index in [1.54, 1.807) is 6.07 Å². The van der Waals surface area contributed by atoms with Crippen molar-refractivity contribution in [3.05, 3.63) is 29.3 Å². The Hall–Kier alpha value is -1.89. The molecule has 0 aromatic heterocycles. The van der Waals surface area contributed by atoms with E-state index in [-0.39, 0.29) is 17.3 Å². The number of amides is 1. The molecule has 3 rings (SSSR count). The van der Waals surface area contributed by atoms with E-state index in [9.17, 15) is 23.1 Å². The summed E-state index contributed by atoms with van der Waals surface area (Å²) in [7, 11) is -3.47. The Balaban J connectivity index is 1.89. The van der Waals surface area contributed by atoms with Gasteiger partial charge in [-0.15, -0.1) is 0 Å². The zero-order valence-electron chi connectivity index (χ0n) is 14.3. The van der Waals surface area contributed by atoms with Gasteiger partial charge in [-0.3, -0.25) is 4.79 Å². The maximum absolute atomic E-state index is 12.7. The van der Waals surface area contributed by atoms with Crippen LogP contribution in [0.2, 0.25) is 0 Å². The number of carboxylic acid groups (broad SMARTS) is 1. The minimum absolute atomic E-state index is 0.0428. The van der Waals surface area contributed by atoms with Crippen molar-refractivity contribution in [3.8, 4) is 0 Å². The molecule has 2 aliphatic rings. The highest BCUT2D eigenvalue weighted by molar-refractivity contribution is 7.90. The number of sulfone groups is 1. The predicted octanol–water partition coefficient (Wildman–Crippen LogP) is 2.47. The van der Waals surface area contributed by atoms with Gasteiger partial charge in [0.15, 0.2) is 9.84 Å². The molecule has 0 spiro atoms. The quantitative estimate of drug-likeness (QED) is 0.865. The summed E-state index contributed by atoms with van der Waals surface area (Å²) in [6.45, 7) is 0.0428. The molecule has 1 heterocycles. The van der Waals surface area contributed by atoms with E-state index >= 15 is 0 Å². The summed E-state index contributed by atoms with van der Waals surface area (Å²) >= 11 is 0. The van der Waals surface area contributed by atoms with Gasteiger partial charge in [-0.2, -0.15) is 0 Å². The Bertz CT molecular complexity index is 796. The molecule has 1 atom stereocenters. The summed E-state index contributed by atoms with van der Waals surface area (Å²) in [6.07, 6.45) is 6.91. The Labute approximate surface area is 147 Å². The van der Waals surface area contributed by atoms with Gasteiger partial charge in [0.1, 0.15) is 6.04 Å². The summed E-state index contributed by atoms with van der Waals surface area (Å²) < 4.78 is 24.0. The molecule has 0 radical (unpaired) electrons. The van der Waals surface area contributed by atoms with Gasteiger partial charge in [-0.1, -0.05) is 38.2 Å². The molecule has 1 aromatic carbocycles. The zero-order valence-corrected chi connectivity index (χ0v) is 15.1. The van der Waals surface area contributed by atoms with Crippen LogP contribution in [0.1, 0.15) is 54.4 Å². The monoisotopic (exact) mass is 365 g/mol. The summed E-state index contributed by atoms with van der Waals surface area (Å²) in [4.78, 5) is 26.0. The minimum Gasteiger partial charge on any atom is -0.480 e. The van der Waals surface area contributed by atoms with Crippen molar-refractivity contribution in [2.24, 2.45) is 5.92 Å². The van der Waals surface area contributed by atoms with Crippen LogP contribution in [0.3, 0.4) is 0 Å². The Morgan fingerprint density at radius 2 is 1.96 bits per heavy atom. The first-order valence-corrected chi connectivity index (χ1v) is 10.5. The normalized spacial score (nSPS) is 19.7. The number of benzene rings is 1. The Morgan fingerprint density at radius 3 is 2.56 bits per heavy atom. The standard InChI is InChI=1S/C18H23NO5S/c1-25(23,24)16-9-5-8-13-14(16)11-19(17(13)20)15(18(21)22)10-12-6-3-2-4-7-12/h5,8-9,12,15H,2-4,6-7,10-11H2,1H3,(H,21,22)/t15-/m0/s1. The van der Waals surface area contributed by atoms with Gasteiger partial charge in [0.2, 0.25) is 0 Å². The molecule has 25 heavy (non-hydrogen) atoms. The number of fused-ring (bicyclic) bond motifs is 1. The van der Waals surface area contributed by atoms with Gasteiger partial charge in [0, 0.05) is 23.9 Å². The number of carbonyl (C=O) groups excluding carboxylic acids is 1. The second kappa shape index (κ2) is 6.78. The second-order valence-electron chi connectivity index (χ2n) is 7.08. The molecule has 136 valence electrons. The first-order valence-electron chi connectivity index (χ1n) is 8.64. The fourth-order valence-corrected chi connectivity index (χ4v) is 4.97. The average Bonchev–Trinajstić information content (AvgIpc) is 2.89. The lowest BCUT2D eigenvalue weighted by Gasteiger charge is -2.29. The highest BCUT2D eigenvalue weighted by Gasteiger charge is 2.39. The molecule has 7 heteroatoms. The van der Waals surface area contributed by atoms with Crippen molar-refractivity contribution >= 4 is 21.7 Å². The van der Waals surface area contributed by atoms with Crippen molar-refractivity contribution in [2.75, 3.05) is 6.26 Å². The zero-order chi connectivity index (χ0) is 18.2. The van der Waals surface area contributed by atoms with Crippen LogP contribution in [0.4, 0.5) is 0 Å². The van der Waals surface area contributed by atoms with E-state index in [1.807, 2.05) is 0 Å². The van der Waals surface area contributed by atoms with E-state index in [2.05, 4.69) is 0 Å². The molecule has 1 fully saturated rings. The maximum atomic E-state index is 12.7. The largest absolute Gasteiger partial charge is 0.480 e. The van der Waals surface area contributed by atoms with Crippen LogP contribution < -0.4 is 0 Å². The highest BCUT2D eigenvalue weighted by Crippen LogP contribution is 2.34. The summed E-state index contributed by atoms with van der Waals surface area (Å²) in [5.41, 5.74) is 0.725. The lowest BCUT2D eigenvalue weighted by Crippen LogP contribution is -2.42. The van der Waals surface area contributed by atoms with Crippen LogP contribution in [0, 0.1) is 5.92 Å². The van der Waals surface area contributed by atoms with Crippen molar-refractivity contribution in [2.45, 2.75) is 56.0 Å². The number of rotatable bonds is 5. The van der Waals surface area contributed by atoms with Gasteiger partial charge in [0.05, 0.1) is 4.90 Å². The number of hydrogen-bond acceptors (Lipinski definition) is 4. The summed E-state index contributed by atoms with van der Waals surface area (Å²) in [5.74, 6) is -1.10. The van der Waals surface area contributed by atoms with Crippen LogP contribution in [0.5, 0.6) is 0 Å². The Kier molecular flexibility index (Phi) is 4.86. The molecule has 1 aliphatic heterocycles. The average molecular weight is 365 g/mol. The third-order valence-corrected chi connectivity index (χ3v) is 6.48. The van der Waals surface area contributed by atoms with Crippen LogP contribution in [0.15, 0.2) is 23.1 Å². The molecule has 1 aliphatic carbocycles. The summed E-state index contributed by atoms with van der Waals surface area (Å²) in [5, 5.41) is 9.68. The van der Waals surface area contributed by atoms with Gasteiger partial charge < -0.3 is 10.0 Å². The predicted molar refractivity (Wildman–Crippen MR) is 92.0 cm³/mol. The minimum atomic E-state index is -3.47. The number of aliphatic carboxylic acids is 1. The van der Waals surface area contributed by atoms with Crippen LogP contribution in [0.25, 0.3) is 0 Å². The SMILES string of the molecule is CS(=O)(=O)c1cccc2c1CN([C@@H](CC1CCCCC1)C(=O)O)C2=O. The number of hydrogen-bond donors (Lipinski definition) is 1. The van der Waals surface area contributed by atoms with E-state index in [4.69, 9.17) is 0 Å². The molecule has 0 saturated heterocycles. The van der Waals surface area contributed by atoms with Crippen molar-refractivity contribution in [1.29, 1.82) is 0 Å². The van der Waals surface area contributed by atoms with Gasteiger partial charge in [0.25, 0.3) is 5.91 Å². The summed E-state index contributed by atoms with van der Waals surface area (Å²) in [6, 6.07) is 3.68. The first-order chi connectivity index (χ1) is 11.8. The lowest BCUT2D eigenvalue weighted by molar-refractivity contribution is -0.143. The maximum Gasteiger partial charge on any atom is 0.326 e. The van der Waals surface area contributed by atoms with E-state index < -0.39 is 21.8 Å². The van der Waals surface area contributed by atoms with Gasteiger partial charge in [-0.05, 0) is 24.5 Å². The van der Waals surface area contributed by atoms with Crippen LogP contribution in [-0.4, -0.2) is 42.6 Å². The third-order valence-electron chi connectivity index (χ3n) is 5.29. The van der Waals surface area contributed by atoms with Crippen LogP contribution in [-0.2, 0) is 21.2 Å². The molecule has 1 aromatic rings. The molecular weight excluding hydrogens is 342 g/mol. The van der Waals surface area contributed by atoms with E-state index in [1.165, 1.54) is 23.5 Å². The van der Waals surface area contributed by atoms with Crippen LogP contribution >= 0.6 is 0 Å². The molecule has 0 unspecified atom stereocenters. The molecule has 1 amide bonds. The Morgan fingerprint density at radius 1 is 1.28 bits per heavy atom. The number of carbonyl (C=O) groups is 2. The molecule has 1 saturated carbocycles. The van der Waals surface area contributed by atoms with E-state index in [0.29, 0.717) is 23.5 Å². The topological polar surface area (TPSA) is 91.8 Å². The molecule has 6 nitrogen and oxygen atoms in total. The highest BCUT2D eigenvalue weighted by atomic mass is 32.2. The van der Waals surface area contributed by atoms with Gasteiger partial charge >= 0.3 is 5.97 Å². The number of nitrogens with zero attached hydrogens (tertiary/aromatic N) is 1. The fourth-order valence-electron chi connectivity index (χ4n) is 4.03.